The number of hydrogen-bond donors (Lipinski definition) is 1. The zero-order chi connectivity index (χ0) is 23.6. The van der Waals surface area contributed by atoms with Gasteiger partial charge >= 0.3 is 0 Å². The maximum atomic E-state index is 13.0. The first-order valence-corrected chi connectivity index (χ1v) is 12.3. The molecule has 3 aromatic rings. The summed E-state index contributed by atoms with van der Waals surface area (Å²) in [4.78, 5) is 27.4. The summed E-state index contributed by atoms with van der Waals surface area (Å²) in [5.41, 5.74) is 2.33. The second-order valence-corrected chi connectivity index (χ2v) is 10.2. The topological polar surface area (TPSA) is 83.6 Å². The average molecular weight is 463 g/mol. The second kappa shape index (κ2) is 8.83. The number of nitrogens with zero attached hydrogens (tertiary/aromatic N) is 1. The van der Waals surface area contributed by atoms with E-state index < -0.39 is 21.5 Å². The van der Waals surface area contributed by atoms with Crippen molar-refractivity contribution in [3.8, 4) is 11.1 Å². The van der Waals surface area contributed by atoms with E-state index >= 15 is 0 Å². The van der Waals surface area contributed by atoms with E-state index in [4.69, 9.17) is 0 Å². The van der Waals surface area contributed by atoms with Crippen molar-refractivity contribution < 1.29 is 18.0 Å². The summed E-state index contributed by atoms with van der Waals surface area (Å²) in [6.45, 7) is 3.69. The molecule has 7 heteroatoms. The van der Waals surface area contributed by atoms with Gasteiger partial charge in [0.05, 0.1) is 11.3 Å². The van der Waals surface area contributed by atoms with Gasteiger partial charge in [0.1, 0.15) is 5.54 Å². The maximum Gasteiger partial charge on any atom is 0.264 e. The Hall–Kier alpha value is -3.45. The fourth-order valence-electron chi connectivity index (χ4n) is 4.06. The number of nitrogens with one attached hydrogen (secondary N) is 1. The van der Waals surface area contributed by atoms with Crippen LogP contribution in [0.15, 0.2) is 83.8 Å². The van der Waals surface area contributed by atoms with Crippen LogP contribution in [0.2, 0.25) is 0 Å². The fraction of sp³-hybridized carbons (Fsp3) is 0.231. The standard InChI is InChI=1S/C26H26N2O4S/c1-19-8-6-7-11-23(19)33(31,32)27-25(30)26(2)16-17-28(26)24(29)18-20-12-14-22(15-13-20)21-9-4-3-5-10-21/h3-15H,16-18H2,1-2H3,(H,27,30). The molecule has 0 aliphatic carbocycles. The van der Waals surface area contributed by atoms with Crippen molar-refractivity contribution >= 4 is 21.8 Å². The van der Waals surface area contributed by atoms with E-state index in [0.717, 1.165) is 16.7 Å². The van der Waals surface area contributed by atoms with E-state index in [0.29, 0.717) is 18.5 Å². The summed E-state index contributed by atoms with van der Waals surface area (Å²) in [6, 6.07) is 24.2. The SMILES string of the molecule is Cc1ccccc1S(=O)(=O)NC(=O)C1(C)CCN1C(=O)Cc1ccc(-c2ccccc2)cc1. The van der Waals surface area contributed by atoms with Crippen molar-refractivity contribution in [3.63, 3.8) is 0 Å². The number of carbonyl (C=O) groups is 2. The molecule has 1 saturated heterocycles. The largest absolute Gasteiger partial charge is 0.328 e. The lowest BCUT2D eigenvalue weighted by atomic mass is 9.85. The number of benzene rings is 3. The number of amides is 2. The molecule has 0 spiro atoms. The highest BCUT2D eigenvalue weighted by Gasteiger charge is 2.50. The quantitative estimate of drug-likeness (QED) is 0.606. The normalized spacial score (nSPS) is 17.8. The lowest BCUT2D eigenvalue weighted by Crippen LogP contribution is -2.68. The lowest BCUT2D eigenvalue weighted by Gasteiger charge is -2.49. The third kappa shape index (κ3) is 4.54. The number of rotatable bonds is 6. The first-order valence-electron chi connectivity index (χ1n) is 10.8. The smallest absolute Gasteiger partial charge is 0.264 e. The Morgan fingerprint density at radius 3 is 2.12 bits per heavy atom. The number of sulfonamides is 1. The predicted molar refractivity (Wildman–Crippen MR) is 127 cm³/mol. The maximum absolute atomic E-state index is 13.0. The molecule has 1 N–H and O–H groups in total. The highest BCUT2D eigenvalue weighted by atomic mass is 32.2. The van der Waals surface area contributed by atoms with Crippen LogP contribution in [0.1, 0.15) is 24.5 Å². The third-order valence-corrected chi connectivity index (χ3v) is 7.73. The minimum atomic E-state index is -4.03. The first-order chi connectivity index (χ1) is 15.7. The van der Waals surface area contributed by atoms with E-state index in [-0.39, 0.29) is 17.2 Å². The third-order valence-electron chi connectivity index (χ3n) is 6.23. The first kappa shape index (κ1) is 22.7. The van der Waals surface area contributed by atoms with E-state index in [9.17, 15) is 18.0 Å². The second-order valence-electron chi connectivity index (χ2n) is 8.51. The number of likely N-dealkylation sites (tertiary alicyclic amines) is 1. The Kier molecular flexibility index (Phi) is 6.08. The molecule has 1 heterocycles. The minimum absolute atomic E-state index is 0.0534. The van der Waals surface area contributed by atoms with Crippen LogP contribution in [0.5, 0.6) is 0 Å². The van der Waals surface area contributed by atoms with E-state index in [1.165, 1.54) is 11.0 Å². The van der Waals surface area contributed by atoms with Crippen molar-refractivity contribution in [3.05, 3.63) is 90.0 Å². The van der Waals surface area contributed by atoms with E-state index in [1.807, 2.05) is 54.6 Å². The van der Waals surface area contributed by atoms with Crippen molar-refractivity contribution in [2.75, 3.05) is 6.54 Å². The minimum Gasteiger partial charge on any atom is -0.328 e. The highest BCUT2D eigenvalue weighted by molar-refractivity contribution is 7.90. The Bertz CT molecular complexity index is 1290. The molecule has 2 amide bonds. The molecule has 1 aliphatic rings. The van der Waals surface area contributed by atoms with Crippen LogP contribution < -0.4 is 4.72 Å². The molecule has 33 heavy (non-hydrogen) atoms. The van der Waals surface area contributed by atoms with Gasteiger partial charge in [-0.3, -0.25) is 9.59 Å². The predicted octanol–water partition coefficient (Wildman–Crippen LogP) is 3.70. The molecule has 1 unspecified atom stereocenters. The van der Waals surface area contributed by atoms with Gasteiger partial charge in [0, 0.05) is 6.54 Å². The van der Waals surface area contributed by atoms with Crippen LogP contribution in [0, 0.1) is 6.92 Å². The number of hydrogen-bond acceptors (Lipinski definition) is 4. The fourth-order valence-corrected chi connectivity index (χ4v) is 5.38. The van der Waals surface area contributed by atoms with Gasteiger partial charge in [-0.05, 0) is 48.6 Å². The Labute approximate surface area is 194 Å². The van der Waals surface area contributed by atoms with E-state index in [2.05, 4.69) is 4.72 Å². The van der Waals surface area contributed by atoms with Gasteiger partial charge in [-0.25, -0.2) is 13.1 Å². The number of aryl methyl sites for hydroxylation is 1. The van der Waals surface area contributed by atoms with Gasteiger partial charge in [-0.1, -0.05) is 72.8 Å². The van der Waals surface area contributed by atoms with E-state index in [1.54, 1.807) is 32.0 Å². The summed E-state index contributed by atoms with van der Waals surface area (Å²) in [5.74, 6) is -0.899. The average Bonchev–Trinajstić information content (AvgIpc) is 2.78. The Morgan fingerprint density at radius 2 is 1.52 bits per heavy atom. The Morgan fingerprint density at radius 1 is 0.909 bits per heavy atom. The lowest BCUT2D eigenvalue weighted by molar-refractivity contribution is -0.156. The summed E-state index contributed by atoms with van der Waals surface area (Å²) in [7, 11) is -4.03. The molecular weight excluding hydrogens is 436 g/mol. The zero-order valence-corrected chi connectivity index (χ0v) is 19.4. The highest BCUT2D eigenvalue weighted by Crippen LogP contribution is 2.32. The molecule has 0 aromatic heterocycles. The van der Waals surface area contributed by atoms with Crippen LogP contribution in [0.3, 0.4) is 0 Å². The molecule has 1 fully saturated rings. The van der Waals surface area contributed by atoms with Gasteiger partial charge in [-0.15, -0.1) is 0 Å². The van der Waals surface area contributed by atoms with Gasteiger partial charge < -0.3 is 4.90 Å². The van der Waals surface area contributed by atoms with Gasteiger partial charge in [0.2, 0.25) is 5.91 Å². The Balaban J connectivity index is 1.44. The van der Waals surface area contributed by atoms with Crippen LogP contribution in [-0.2, 0) is 26.0 Å². The molecule has 6 nitrogen and oxygen atoms in total. The summed E-state index contributed by atoms with van der Waals surface area (Å²) >= 11 is 0. The molecule has 0 saturated carbocycles. The van der Waals surface area contributed by atoms with Gasteiger partial charge in [-0.2, -0.15) is 0 Å². The summed E-state index contributed by atoms with van der Waals surface area (Å²) in [6.07, 6.45) is 0.545. The van der Waals surface area contributed by atoms with Crippen LogP contribution in [0.25, 0.3) is 11.1 Å². The summed E-state index contributed by atoms with van der Waals surface area (Å²) in [5, 5.41) is 0. The van der Waals surface area contributed by atoms with Crippen molar-refractivity contribution in [1.29, 1.82) is 0 Å². The van der Waals surface area contributed by atoms with Crippen molar-refractivity contribution in [2.45, 2.75) is 37.1 Å². The number of carbonyl (C=O) groups excluding carboxylic acids is 2. The van der Waals surface area contributed by atoms with Crippen molar-refractivity contribution in [1.82, 2.24) is 9.62 Å². The van der Waals surface area contributed by atoms with Crippen LogP contribution in [0.4, 0.5) is 0 Å². The summed E-state index contributed by atoms with van der Waals surface area (Å²) < 4.78 is 27.6. The molecule has 0 radical (unpaired) electrons. The molecule has 1 aliphatic heterocycles. The zero-order valence-electron chi connectivity index (χ0n) is 18.6. The van der Waals surface area contributed by atoms with Crippen LogP contribution in [-0.4, -0.2) is 37.2 Å². The molecule has 3 aromatic carbocycles. The van der Waals surface area contributed by atoms with Crippen molar-refractivity contribution in [2.24, 2.45) is 0 Å². The van der Waals surface area contributed by atoms with Crippen LogP contribution >= 0.6 is 0 Å². The molecule has 170 valence electrons. The molecular formula is C26H26N2O4S. The van der Waals surface area contributed by atoms with Gasteiger partial charge in [0.25, 0.3) is 15.9 Å². The molecule has 4 rings (SSSR count). The monoisotopic (exact) mass is 462 g/mol. The van der Waals surface area contributed by atoms with Gasteiger partial charge in [0.15, 0.2) is 0 Å². The molecule has 1 atom stereocenters. The molecule has 0 bridgehead atoms.